The van der Waals surface area contributed by atoms with Gasteiger partial charge in [0.2, 0.25) is 0 Å². The van der Waals surface area contributed by atoms with Crippen molar-refractivity contribution in [1.82, 2.24) is 0 Å². The Morgan fingerprint density at radius 2 is 1.23 bits per heavy atom. The molecule has 30 heavy (non-hydrogen) atoms. The molecule has 1 atom stereocenters. The van der Waals surface area contributed by atoms with Crippen LogP contribution in [0, 0.1) is 0 Å². The predicted octanol–water partition coefficient (Wildman–Crippen LogP) is 7.06. The average molecular weight is 409 g/mol. The molecule has 0 aromatic heterocycles. The molecule has 0 radical (unpaired) electrons. The van der Waals surface area contributed by atoms with E-state index < -0.39 is 11.2 Å². The van der Waals surface area contributed by atoms with Crippen LogP contribution < -0.4 is 0 Å². The molecular weight excluding hydrogens is 384 g/mol. The molecule has 0 spiro atoms. The van der Waals surface area contributed by atoms with Crippen LogP contribution in [-0.4, -0.2) is 10.8 Å². The Balaban J connectivity index is 1.67. The summed E-state index contributed by atoms with van der Waals surface area (Å²) < 4.78 is 12.4. The van der Waals surface area contributed by atoms with Gasteiger partial charge in [-0.15, -0.1) is 0 Å². The molecule has 0 N–H and O–H groups in total. The number of benzene rings is 4. The minimum absolute atomic E-state index is 0.0324. The van der Waals surface area contributed by atoms with E-state index in [-0.39, 0.29) is 5.41 Å². The van der Waals surface area contributed by atoms with Crippen molar-refractivity contribution in [2.75, 3.05) is 6.26 Å². The number of hydrogen-bond donors (Lipinski definition) is 0. The lowest BCUT2D eigenvalue weighted by Gasteiger charge is -2.22. The first-order valence-corrected chi connectivity index (χ1v) is 11.8. The predicted molar refractivity (Wildman–Crippen MR) is 127 cm³/mol. The Kier molecular flexibility index (Phi) is 4.57. The van der Waals surface area contributed by atoms with Gasteiger partial charge in [0.25, 0.3) is 0 Å². The van der Waals surface area contributed by atoms with Crippen molar-refractivity contribution in [2.45, 2.75) is 24.2 Å². The summed E-state index contributed by atoms with van der Waals surface area (Å²) in [7, 11) is 0. The third kappa shape index (κ3) is 3.08. The minimum Gasteiger partial charge on any atom is -0.612 e. The van der Waals surface area contributed by atoms with E-state index in [9.17, 15) is 4.55 Å². The van der Waals surface area contributed by atoms with Crippen molar-refractivity contribution in [3.8, 4) is 33.4 Å². The molecule has 0 heterocycles. The molecule has 1 nitrogen and oxygen atoms in total. The van der Waals surface area contributed by atoms with Gasteiger partial charge >= 0.3 is 0 Å². The molecule has 2 heteroatoms. The number of rotatable bonds is 3. The molecule has 5 rings (SSSR count). The first-order valence-electron chi connectivity index (χ1n) is 10.2. The monoisotopic (exact) mass is 408 g/mol. The molecule has 1 aliphatic carbocycles. The summed E-state index contributed by atoms with van der Waals surface area (Å²) in [6, 6.07) is 32.1. The van der Waals surface area contributed by atoms with Crippen LogP contribution in [0.2, 0.25) is 0 Å². The topological polar surface area (TPSA) is 23.1 Å². The summed E-state index contributed by atoms with van der Waals surface area (Å²) in [6.45, 7) is 4.60. The molecule has 148 valence electrons. The number of fused-ring (bicyclic) bond motifs is 3. The maximum Gasteiger partial charge on any atom is 0.153 e. The van der Waals surface area contributed by atoms with Crippen LogP contribution in [0.1, 0.15) is 25.0 Å². The Labute approximate surface area is 181 Å². The summed E-state index contributed by atoms with van der Waals surface area (Å²) in [5.74, 6) is 0. The smallest absolute Gasteiger partial charge is 0.153 e. The molecule has 0 fully saturated rings. The van der Waals surface area contributed by atoms with E-state index in [0.717, 1.165) is 21.6 Å². The third-order valence-electron chi connectivity index (χ3n) is 6.26. The zero-order valence-electron chi connectivity index (χ0n) is 17.5. The first kappa shape index (κ1) is 19.2. The van der Waals surface area contributed by atoms with Gasteiger partial charge in [-0.25, -0.2) is 0 Å². The maximum absolute atomic E-state index is 12.4. The van der Waals surface area contributed by atoms with E-state index in [1.165, 1.54) is 27.8 Å². The lowest BCUT2D eigenvalue weighted by atomic mass is 9.81. The highest BCUT2D eigenvalue weighted by Crippen LogP contribution is 2.49. The van der Waals surface area contributed by atoms with Gasteiger partial charge in [-0.3, -0.25) is 0 Å². The second-order valence-corrected chi connectivity index (χ2v) is 9.88. The van der Waals surface area contributed by atoms with E-state index in [0.29, 0.717) is 0 Å². The maximum atomic E-state index is 12.4. The summed E-state index contributed by atoms with van der Waals surface area (Å²) in [4.78, 5) is 0.856. The van der Waals surface area contributed by atoms with Crippen molar-refractivity contribution in [3.05, 3.63) is 102 Å². The zero-order chi connectivity index (χ0) is 20.9. The van der Waals surface area contributed by atoms with Crippen LogP contribution in [-0.2, 0) is 16.6 Å². The molecule has 4 aromatic carbocycles. The standard InChI is InChI=1S/C28H24OS/c1-28(2)26-12-8-7-11-24(26)25-14-13-20(18-27(25)28)22-15-21(16-23(17-22)30(3)29)19-9-5-4-6-10-19/h4-18H,1-3H3. The molecule has 4 aromatic rings. The van der Waals surface area contributed by atoms with Crippen molar-refractivity contribution in [3.63, 3.8) is 0 Å². The quantitative estimate of drug-likeness (QED) is 0.333. The Bertz CT molecular complexity index is 1240. The lowest BCUT2D eigenvalue weighted by Crippen LogP contribution is -2.14. The van der Waals surface area contributed by atoms with Crippen LogP contribution in [0.5, 0.6) is 0 Å². The molecule has 0 amide bonds. The molecule has 0 bridgehead atoms. The zero-order valence-corrected chi connectivity index (χ0v) is 18.3. The Morgan fingerprint density at radius 3 is 1.97 bits per heavy atom. The average Bonchev–Trinajstić information content (AvgIpc) is 3.01. The fraction of sp³-hybridized carbons (Fsp3) is 0.143. The van der Waals surface area contributed by atoms with Crippen molar-refractivity contribution in [2.24, 2.45) is 0 Å². The lowest BCUT2D eigenvalue weighted by molar-refractivity contribution is 0.601. The van der Waals surface area contributed by atoms with Gasteiger partial charge in [-0.2, -0.15) is 0 Å². The van der Waals surface area contributed by atoms with Crippen LogP contribution >= 0.6 is 0 Å². The molecular formula is C28H24OS. The highest BCUT2D eigenvalue weighted by Gasteiger charge is 2.35. The van der Waals surface area contributed by atoms with Gasteiger partial charge in [-0.1, -0.05) is 80.6 Å². The van der Waals surface area contributed by atoms with E-state index in [1.807, 2.05) is 24.3 Å². The fourth-order valence-electron chi connectivity index (χ4n) is 4.61. The van der Waals surface area contributed by atoms with Crippen LogP contribution in [0.15, 0.2) is 95.9 Å². The van der Waals surface area contributed by atoms with E-state index in [1.54, 1.807) is 6.26 Å². The number of hydrogen-bond acceptors (Lipinski definition) is 1. The highest BCUT2D eigenvalue weighted by atomic mass is 32.2. The van der Waals surface area contributed by atoms with Crippen LogP contribution in [0.4, 0.5) is 0 Å². The molecule has 0 saturated heterocycles. The van der Waals surface area contributed by atoms with E-state index in [2.05, 4.69) is 80.6 Å². The normalized spacial score (nSPS) is 14.8. The van der Waals surface area contributed by atoms with Gasteiger partial charge in [-0.05, 0) is 67.8 Å². The van der Waals surface area contributed by atoms with Crippen LogP contribution in [0.3, 0.4) is 0 Å². The second kappa shape index (κ2) is 7.16. The van der Waals surface area contributed by atoms with Gasteiger partial charge < -0.3 is 4.55 Å². The Hall–Kier alpha value is -2.81. The molecule has 1 aliphatic rings. The molecule has 0 saturated carbocycles. The van der Waals surface area contributed by atoms with Gasteiger partial charge in [0.15, 0.2) is 4.90 Å². The van der Waals surface area contributed by atoms with Crippen molar-refractivity contribution < 1.29 is 4.55 Å². The largest absolute Gasteiger partial charge is 0.612 e. The summed E-state index contributed by atoms with van der Waals surface area (Å²) in [6.07, 6.45) is 1.75. The SMILES string of the molecule is C[S+]([O-])c1cc(-c2ccccc2)cc(-c2ccc3c(c2)C(C)(C)c2ccccc2-3)c1. The third-order valence-corrected chi connectivity index (χ3v) is 7.16. The van der Waals surface area contributed by atoms with E-state index >= 15 is 0 Å². The second-order valence-electron chi connectivity index (χ2n) is 8.50. The van der Waals surface area contributed by atoms with E-state index in [4.69, 9.17) is 0 Å². The van der Waals surface area contributed by atoms with Gasteiger partial charge in [0.1, 0.15) is 6.26 Å². The summed E-state index contributed by atoms with van der Waals surface area (Å²) >= 11 is -1.04. The van der Waals surface area contributed by atoms with Crippen LogP contribution in [0.25, 0.3) is 33.4 Å². The summed E-state index contributed by atoms with van der Waals surface area (Å²) in [5, 5.41) is 0. The van der Waals surface area contributed by atoms with Gasteiger partial charge in [0.05, 0.1) is 0 Å². The Morgan fingerprint density at radius 1 is 0.600 bits per heavy atom. The van der Waals surface area contributed by atoms with Gasteiger partial charge in [0, 0.05) is 17.5 Å². The van der Waals surface area contributed by atoms with Crippen molar-refractivity contribution in [1.29, 1.82) is 0 Å². The highest BCUT2D eigenvalue weighted by molar-refractivity contribution is 7.90. The molecule has 0 aliphatic heterocycles. The molecule has 1 unspecified atom stereocenters. The van der Waals surface area contributed by atoms with Crippen molar-refractivity contribution >= 4 is 11.2 Å². The minimum atomic E-state index is -1.04. The fourth-order valence-corrected chi connectivity index (χ4v) is 5.20. The first-order chi connectivity index (χ1) is 14.4. The summed E-state index contributed by atoms with van der Waals surface area (Å²) in [5.41, 5.74) is 9.86.